The third kappa shape index (κ3) is 2.52. The molecule has 1 aromatic rings. The summed E-state index contributed by atoms with van der Waals surface area (Å²) < 4.78 is 29.8. The number of rotatable bonds is 3. The van der Waals surface area contributed by atoms with Crippen LogP contribution in [0.15, 0.2) is 6.07 Å². The fourth-order valence-electron chi connectivity index (χ4n) is 1.04. The van der Waals surface area contributed by atoms with E-state index in [1.165, 1.54) is 6.07 Å². The van der Waals surface area contributed by atoms with Gasteiger partial charge in [0.05, 0.1) is 7.11 Å². The maximum atomic E-state index is 12.5. The van der Waals surface area contributed by atoms with Gasteiger partial charge in [-0.3, -0.25) is 0 Å². The van der Waals surface area contributed by atoms with Crippen molar-refractivity contribution < 1.29 is 23.4 Å². The zero-order valence-corrected chi connectivity index (χ0v) is 9.66. The van der Waals surface area contributed by atoms with Gasteiger partial charge in [-0.05, 0) is 28.7 Å². The summed E-state index contributed by atoms with van der Waals surface area (Å²) in [6.45, 7) is 0. The molecule has 0 unspecified atom stereocenters. The van der Waals surface area contributed by atoms with Gasteiger partial charge in [0, 0.05) is 0 Å². The van der Waals surface area contributed by atoms with E-state index in [9.17, 15) is 13.6 Å². The van der Waals surface area contributed by atoms with Crippen molar-refractivity contribution in [3.05, 3.63) is 21.0 Å². The van der Waals surface area contributed by atoms with Crippen LogP contribution in [0, 0.1) is 3.70 Å². The van der Waals surface area contributed by atoms with Crippen LogP contribution in [0.25, 0.3) is 0 Å². The number of carboxylic acid groups (broad SMARTS) is 1. The second kappa shape index (κ2) is 4.69. The third-order valence-corrected chi connectivity index (χ3v) is 2.16. The fourth-order valence-corrected chi connectivity index (χ4v) is 1.61. The Labute approximate surface area is 97.4 Å². The number of alkyl halides is 2. The van der Waals surface area contributed by atoms with Gasteiger partial charge in [-0.25, -0.2) is 18.6 Å². The highest BCUT2D eigenvalue weighted by molar-refractivity contribution is 14.1. The Morgan fingerprint density at radius 1 is 1.67 bits per heavy atom. The number of hydrogen-bond acceptors (Lipinski definition) is 3. The highest BCUT2D eigenvalue weighted by Crippen LogP contribution is 2.31. The number of halogens is 3. The summed E-state index contributed by atoms with van der Waals surface area (Å²) in [5.74, 6) is -1.72. The molecule has 4 nitrogen and oxygen atoms in total. The lowest BCUT2D eigenvalue weighted by Gasteiger charge is -2.10. The first-order valence-electron chi connectivity index (χ1n) is 3.73. The van der Waals surface area contributed by atoms with E-state index in [1.807, 2.05) is 0 Å². The maximum absolute atomic E-state index is 12.5. The molecular weight excluding hydrogens is 323 g/mol. The lowest BCUT2D eigenvalue weighted by atomic mass is 10.2. The van der Waals surface area contributed by atoms with Gasteiger partial charge in [-0.2, -0.15) is 0 Å². The topological polar surface area (TPSA) is 59.4 Å². The van der Waals surface area contributed by atoms with Crippen molar-refractivity contribution in [3.8, 4) is 5.75 Å². The van der Waals surface area contributed by atoms with E-state index in [2.05, 4.69) is 9.72 Å². The van der Waals surface area contributed by atoms with Crippen molar-refractivity contribution in [1.82, 2.24) is 4.98 Å². The van der Waals surface area contributed by atoms with E-state index >= 15 is 0 Å². The van der Waals surface area contributed by atoms with Crippen LogP contribution in [0.3, 0.4) is 0 Å². The fraction of sp³-hybridized carbons (Fsp3) is 0.250. The van der Waals surface area contributed by atoms with Crippen molar-refractivity contribution >= 4 is 28.6 Å². The third-order valence-electron chi connectivity index (χ3n) is 1.61. The number of nitrogens with zero attached hydrogens (tertiary/aromatic N) is 1. The maximum Gasteiger partial charge on any atom is 0.339 e. The van der Waals surface area contributed by atoms with Crippen LogP contribution >= 0.6 is 22.6 Å². The van der Waals surface area contributed by atoms with Crippen molar-refractivity contribution in [1.29, 1.82) is 0 Å². The monoisotopic (exact) mass is 329 g/mol. The van der Waals surface area contributed by atoms with Crippen LogP contribution in [-0.4, -0.2) is 23.2 Å². The summed E-state index contributed by atoms with van der Waals surface area (Å²) in [6, 6.07) is 1.17. The molecule has 0 aliphatic rings. The molecule has 0 saturated carbocycles. The molecule has 0 bridgehead atoms. The number of aromatic nitrogens is 1. The van der Waals surface area contributed by atoms with Crippen molar-refractivity contribution in [3.63, 3.8) is 0 Å². The summed E-state index contributed by atoms with van der Waals surface area (Å²) in [5, 5.41) is 8.77. The molecule has 0 aromatic carbocycles. The second-order valence-corrected chi connectivity index (χ2v) is 3.62. The number of carbonyl (C=O) groups is 1. The van der Waals surface area contributed by atoms with E-state index in [1.54, 1.807) is 22.6 Å². The summed E-state index contributed by atoms with van der Waals surface area (Å²) in [7, 11) is 1.13. The standard InChI is InChI=1S/C8H6F2INO3/c1-15-6-3(8(13)14)2-4(11)12-5(6)7(9)10/h2,7H,1H3,(H,13,14). The molecule has 1 aromatic heterocycles. The van der Waals surface area contributed by atoms with Gasteiger partial charge in [0.15, 0.2) is 11.4 Å². The predicted molar refractivity (Wildman–Crippen MR) is 55.4 cm³/mol. The zero-order valence-electron chi connectivity index (χ0n) is 7.50. The number of aromatic carboxylic acids is 1. The van der Waals surface area contributed by atoms with Crippen LogP contribution in [0.4, 0.5) is 8.78 Å². The molecule has 82 valence electrons. The molecule has 0 amide bonds. The van der Waals surface area contributed by atoms with E-state index < -0.39 is 23.8 Å². The number of hydrogen-bond donors (Lipinski definition) is 1. The van der Waals surface area contributed by atoms with Crippen molar-refractivity contribution in [2.24, 2.45) is 0 Å². The molecular formula is C8H6F2INO3. The van der Waals surface area contributed by atoms with Gasteiger partial charge in [0.1, 0.15) is 9.26 Å². The van der Waals surface area contributed by atoms with Crippen LogP contribution < -0.4 is 4.74 Å². The minimum Gasteiger partial charge on any atom is -0.494 e. The molecule has 1 heterocycles. The van der Waals surface area contributed by atoms with Crippen LogP contribution in [0.2, 0.25) is 0 Å². The summed E-state index contributed by atoms with van der Waals surface area (Å²) in [4.78, 5) is 14.3. The molecule has 1 N–H and O–H groups in total. The SMILES string of the molecule is COc1c(C(=O)O)cc(I)nc1C(F)F. The Kier molecular flexibility index (Phi) is 3.77. The summed E-state index contributed by atoms with van der Waals surface area (Å²) in [5.41, 5.74) is -0.964. The zero-order chi connectivity index (χ0) is 11.6. The van der Waals surface area contributed by atoms with E-state index in [0.29, 0.717) is 0 Å². The molecule has 0 aliphatic carbocycles. The molecule has 7 heteroatoms. The Morgan fingerprint density at radius 2 is 2.27 bits per heavy atom. The molecule has 15 heavy (non-hydrogen) atoms. The Bertz CT molecular complexity index is 398. The van der Waals surface area contributed by atoms with Crippen molar-refractivity contribution in [2.45, 2.75) is 6.43 Å². The molecule has 0 fully saturated rings. The van der Waals surface area contributed by atoms with Crippen LogP contribution in [0.5, 0.6) is 5.75 Å². The van der Waals surface area contributed by atoms with Gasteiger partial charge in [0.2, 0.25) is 0 Å². The summed E-state index contributed by atoms with van der Waals surface area (Å²) >= 11 is 1.67. The number of pyridine rings is 1. The lowest BCUT2D eigenvalue weighted by Crippen LogP contribution is -2.07. The first kappa shape index (κ1) is 12.1. The van der Waals surface area contributed by atoms with Gasteiger partial charge < -0.3 is 9.84 Å². The number of methoxy groups -OCH3 is 1. The Morgan fingerprint density at radius 3 is 2.67 bits per heavy atom. The van der Waals surface area contributed by atoms with E-state index in [-0.39, 0.29) is 9.26 Å². The molecule has 0 aliphatic heterocycles. The average Bonchev–Trinajstić information content (AvgIpc) is 2.16. The van der Waals surface area contributed by atoms with Crippen molar-refractivity contribution in [2.75, 3.05) is 7.11 Å². The summed E-state index contributed by atoms with van der Waals surface area (Å²) in [6.07, 6.45) is -2.87. The largest absolute Gasteiger partial charge is 0.494 e. The Balaban J connectivity index is 3.45. The number of ether oxygens (including phenoxy) is 1. The molecule has 0 radical (unpaired) electrons. The lowest BCUT2D eigenvalue weighted by molar-refractivity contribution is 0.0691. The molecule has 0 saturated heterocycles. The van der Waals surface area contributed by atoms with Crippen LogP contribution in [-0.2, 0) is 0 Å². The van der Waals surface area contributed by atoms with E-state index in [4.69, 9.17) is 5.11 Å². The normalized spacial score (nSPS) is 10.5. The molecule has 0 spiro atoms. The molecule has 1 rings (SSSR count). The highest BCUT2D eigenvalue weighted by atomic mass is 127. The first-order valence-corrected chi connectivity index (χ1v) is 4.81. The predicted octanol–water partition coefficient (Wildman–Crippen LogP) is 2.33. The second-order valence-electron chi connectivity index (χ2n) is 2.52. The van der Waals surface area contributed by atoms with Gasteiger partial charge in [-0.1, -0.05) is 0 Å². The van der Waals surface area contributed by atoms with Gasteiger partial charge >= 0.3 is 5.97 Å². The minimum absolute atomic E-state index is 0.182. The van der Waals surface area contributed by atoms with Crippen LogP contribution in [0.1, 0.15) is 22.5 Å². The highest BCUT2D eigenvalue weighted by Gasteiger charge is 2.23. The first-order chi connectivity index (χ1) is 6.97. The Hall–Kier alpha value is -0.990. The molecule has 0 atom stereocenters. The smallest absolute Gasteiger partial charge is 0.339 e. The van der Waals surface area contributed by atoms with Gasteiger partial charge in [-0.15, -0.1) is 0 Å². The minimum atomic E-state index is -2.87. The van der Waals surface area contributed by atoms with Gasteiger partial charge in [0.25, 0.3) is 6.43 Å². The quantitative estimate of drug-likeness (QED) is 0.683. The average molecular weight is 329 g/mol. The number of carboxylic acids is 1. The van der Waals surface area contributed by atoms with E-state index in [0.717, 1.165) is 7.11 Å².